The molecule has 3 nitrogen and oxygen atoms in total. The zero-order valence-electron chi connectivity index (χ0n) is 11.8. The molecule has 2 saturated heterocycles. The van der Waals surface area contributed by atoms with E-state index >= 15 is 0 Å². The van der Waals surface area contributed by atoms with Crippen LogP contribution in [0.2, 0.25) is 0 Å². The summed E-state index contributed by atoms with van der Waals surface area (Å²) in [6.07, 6.45) is 4.64. The molecule has 4 unspecified atom stereocenters. The van der Waals surface area contributed by atoms with Gasteiger partial charge in [-0.1, -0.05) is 12.1 Å². The van der Waals surface area contributed by atoms with Gasteiger partial charge in [0.2, 0.25) is 0 Å². The number of rotatable bonds is 5. The van der Waals surface area contributed by atoms with Gasteiger partial charge in [-0.05, 0) is 50.9 Å². The van der Waals surface area contributed by atoms with Gasteiger partial charge in [0.25, 0.3) is 0 Å². The van der Waals surface area contributed by atoms with E-state index in [1.807, 2.05) is 14.0 Å². The predicted octanol–water partition coefficient (Wildman–Crippen LogP) is 2.91. The SMILES string of the molecule is CCOc1ccc(C(NC)C2CC3CCC2O3)cc1. The number of benzene rings is 1. The van der Waals surface area contributed by atoms with Crippen LogP contribution in [0.3, 0.4) is 0 Å². The van der Waals surface area contributed by atoms with Crippen molar-refractivity contribution in [2.24, 2.45) is 5.92 Å². The van der Waals surface area contributed by atoms with Gasteiger partial charge >= 0.3 is 0 Å². The van der Waals surface area contributed by atoms with E-state index in [0.717, 1.165) is 12.4 Å². The first-order chi connectivity index (χ1) is 9.31. The van der Waals surface area contributed by atoms with E-state index in [-0.39, 0.29) is 0 Å². The number of hydrogen-bond donors (Lipinski definition) is 1. The smallest absolute Gasteiger partial charge is 0.119 e. The van der Waals surface area contributed by atoms with Crippen LogP contribution in [0.5, 0.6) is 5.75 Å². The summed E-state index contributed by atoms with van der Waals surface area (Å²) in [6, 6.07) is 8.89. The van der Waals surface area contributed by atoms with E-state index in [9.17, 15) is 0 Å². The molecular weight excluding hydrogens is 238 g/mol. The highest BCUT2D eigenvalue weighted by atomic mass is 16.5. The average molecular weight is 261 g/mol. The fourth-order valence-corrected chi connectivity index (χ4v) is 3.59. The lowest BCUT2D eigenvalue weighted by molar-refractivity contribution is 0.0863. The predicted molar refractivity (Wildman–Crippen MR) is 75.4 cm³/mol. The van der Waals surface area contributed by atoms with Crippen molar-refractivity contribution >= 4 is 0 Å². The van der Waals surface area contributed by atoms with Gasteiger partial charge in [-0.25, -0.2) is 0 Å². The van der Waals surface area contributed by atoms with Gasteiger partial charge in [0.05, 0.1) is 18.8 Å². The van der Waals surface area contributed by atoms with Gasteiger partial charge in [-0.3, -0.25) is 0 Å². The first-order valence-corrected chi connectivity index (χ1v) is 7.37. The van der Waals surface area contributed by atoms with Crippen LogP contribution in [0.25, 0.3) is 0 Å². The highest BCUT2D eigenvalue weighted by Crippen LogP contribution is 2.44. The molecule has 1 aromatic rings. The Morgan fingerprint density at radius 2 is 2.11 bits per heavy atom. The number of hydrogen-bond acceptors (Lipinski definition) is 3. The van der Waals surface area contributed by atoms with E-state index in [4.69, 9.17) is 9.47 Å². The molecule has 104 valence electrons. The van der Waals surface area contributed by atoms with Crippen LogP contribution in [-0.4, -0.2) is 25.9 Å². The van der Waals surface area contributed by atoms with Crippen LogP contribution in [0.4, 0.5) is 0 Å². The van der Waals surface area contributed by atoms with Crippen molar-refractivity contribution in [1.29, 1.82) is 0 Å². The van der Waals surface area contributed by atoms with Gasteiger partial charge in [-0.15, -0.1) is 0 Å². The fraction of sp³-hybridized carbons (Fsp3) is 0.625. The molecule has 3 heteroatoms. The average Bonchev–Trinajstić information content (AvgIpc) is 3.05. The van der Waals surface area contributed by atoms with Crippen molar-refractivity contribution in [3.8, 4) is 5.75 Å². The van der Waals surface area contributed by atoms with Gasteiger partial charge in [-0.2, -0.15) is 0 Å². The standard InChI is InChI=1S/C16H23NO2/c1-3-18-12-6-4-11(5-7-12)16(17-2)14-10-13-8-9-15(14)19-13/h4-7,13-17H,3,8-10H2,1-2H3. The third kappa shape index (κ3) is 2.49. The molecule has 2 aliphatic rings. The molecule has 1 aromatic carbocycles. The maximum Gasteiger partial charge on any atom is 0.119 e. The molecule has 1 N–H and O–H groups in total. The Kier molecular flexibility index (Phi) is 3.76. The van der Waals surface area contributed by atoms with Crippen molar-refractivity contribution in [3.05, 3.63) is 29.8 Å². The molecule has 0 spiro atoms. The molecule has 3 rings (SSSR count). The Balaban J connectivity index is 1.74. The minimum absolute atomic E-state index is 0.394. The molecule has 2 fully saturated rings. The third-order valence-electron chi connectivity index (χ3n) is 4.44. The van der Waals surface area contributed by atoms with Gasteiger partial charge in [0.15, 0.2) is 0 Å². The van der Waals surface area contributed by atoms with Crippen LogP contribution >= 0.6 is 0 Å². The molecule has 19 heavy (non-hydrogen) atoms. The largest absolute Gasteiger partial charge is 0.494 e. The maximum atomic E-state index is 5.99. The second kappa shape index (κ2) is 5.51. The van der Waals surface area contributed by atoms with Gasteiger partial charge in [0.1, 0.15) is 5.75 Å². The summed E-state index contributed by atoms with van der Waals surface area (Å²) in [4.78, 5) is 0. The highest BCUT2D eigenvalue weighted by molar-refractivity contribution is 5.30. The number of nitrogens with one attached hydrogen (secondary N) is 1. The molecule has 0 saturated carbocycles. The summed E-state index contributed by atoms with van der Waals surface area (Å²) < 4.78 is 11.5. The molecule has 4 atom stereocenters. The van der Waals surface area contributed by atoms with Crippen molar-refractivity contribution in [2.75, 3.05) is 13.7 Å². The topological polar surface area (TPSA) is 30.5 Å². The summed E-state index contributed by atoms with van der Waals surface area (Å²) in [6.45, 7) is 2.73. The summed E-state index contributed by atoms with van der Waals surface area (Å²) in [7, 11) is 2.05. The molecule has 2 aliphatic heterocycles. The van der Waals surface area contributed by atoms with E-state index in [1.165, 1.54) is 24.8 Å². The van der Waals surface area contributed by atoms with Crippen LogP contribution in [-0.2, 0) is 4.74 Å². The zero-order chi connectivity index (χ0) is 13.2. The molecule has 0 aromatic heterocycles. The highest BCUT2D eigenvalue weighted by Gasteiger charge is 2.44. The first kappa shape index (κ1) is 12.9. The second-order valence-electron chi connectivity index (χ2n) is 5.54. The fourth-order valence-electron chi connectivity index (χ4n) is 3.59. The number of fused-ring (bicyclic) bond motifs is 2. The Labute approximate surface area is 115 Å². The Bertz CT molecular complexity index is 417. The Morgan fingerprint density at radius 1 is 1.32 bits per heavy atom. The monoisotopic (exact) mass is 261 g/mol. The van der Waals surface area contributed by atoms with E-state index in [0.29, 0.717) is 24.2 Å². The summed E-state index contributed by atoms with van der Waals surface area (Å²) in [5.74, 6) is 1.56. The van der Waals surface area contributed by atoms with Crippen molar-refractivity contribution in [2.45, 2.75) is 44.4 Å². The van der Waals surface area contributed by atoms with Crippen LogP contribution in [0.1, 0.15) is 37.8 Å². The second-order valence-corrected chi connectivity index (χ2v) is 5.54. The van der Waals surface area contributed by atoms with Crippen molar-refractivity contribution < 1.29 is 9.47 Å². The summed E-state index contributed by atoms with van der Waals surface area (Å²) in [5.41, 5.74) is 1.34. The quantitative estimate of drug-likeness (QED) is 0.884. The lowest BCUT2D eigenvalue weighted by atomic mass is 9.81. The van der Waals surface area contributed by atoms with Gasteiger partial charge in [0, 0.05) is 12.0 Å². The van der Waals surface area contributed by atoms with Crippen LogP contribution in [0.15, 0.2) is 24.3 Å². The minimum atomic E-state index is 0.394. The van der Waals surface area contributed by atoms with E-state index in [2.05, 4.69) is 29.6 Å². The zero-order valence-corrected chi connectivity index (χ0v) is 11.8. The molecule has 0 amide bonds. The van der Waals surface area contributed by atoms with E-state index in [1.54, 1.807) is 0 Å². The molecule has 2 bridgehead atoms. The lowest BCUT2D eigenvalue weighted by Gasteiger charge is -2.28. The first-order valence-electron chi connectivity index (χ1n) is 7.37. The summed E-state index contributed by atoms with van der Waals surface area (Å²) >= 11 is 0. The van der Waals surface area contributed by atoms with Gasteiger partial charge < -0.3 is 14.8 Å². The molecular formula is C16H23NO2. The lowest BCUT2D eigenvalue weighted by Crippen LogP contribution is -2.31. The number of ether oxygens (including phenoxy) is 2. The van der Waals surface area contributed by atoms with Crippen LogP contribution in [0, 0.1) is 5.92 Å². The van der Waals surface area contributed by atoms with Crippen molar-refractivity contribution in [1.82, 2.24) is 5.32 Å². The Hall–Kier alpha value is -1.06. The maximum absolute atomic E-state index is 5.99. The molecule has 0 radical (unpaired) electrons. The normalized spacial score (nSPS) is 30.5. The van der Waals surface area contributed by atoms with E-state index < -0.39 is 0 Å². The Morgan fingerprint density at radius 3 is 2.63 bits per heavy atom. The summed E-state index contributed by atoms with van der Waals surface area (Å²) in [5, 5.41) is 3.48. The third-order valence-corrected chi connectivity index (χ3v) is 4.44. The van der Waals surface area contributed by atoms with Crippen LogP contribution < -0.4 is 10.1 Å². The molecule has 2 heterocycles. The minimum Gasteiger partial charge on any atom is -0.494 e. The van der Waals surface area contributed by atoms with Crippen molar-refractivity contribution in [3.63, 3.8) is 0 Å². The molecule has 0 aliphatic carbocycles.